The Hall–Kier alpha value is -1.30. The zero-order chi connectivity index (χ0) is 11.0. The molecule has 0 bridgehead atoms. The van der Waals surface area contributed by atoms with E-state index < -0.39 is 0 Å². The smallest absolute Gasteiger partial charge is 0.242 e. The van der Waals surface area contributed by atoms with Gasteiger partial charge in [0, 0.05) is 11.6 Å². The van der Waals surface area contributed by atoms with Gasteiger partial charge in [-0.05, 0) is 24.2 Å². The summed E-state index contributed by atoms with van der Waals surface area (Å²) in [5.41, 5.74) is 1.18. The predicted octanol–water partition coefficient (Wildman–Crippen LogP) is 0.142. The van der Waals surface area contributed by atoms with Crippen LogP contribution >= 0.6 is 11.8 Å². The average Bonchev–Trinajstić information content (AvgIpc) is 2.25. The van der Waals surface area contributed by atoms with E-state index >= 15 is 0 Å². The molecule has 0 fully saturated rings. The van der Waals surface area contributed by atoms with Crippen LogP contribution in [0.3, 0.4) is 0 Å². The third-order valence-electron chi connectivity index (χ3n) is 2.23. The number of nitrogens with one attached hydrogen (secondary N) is 1. The second-order valence-electron chi connectivity index (χ2n) is 3.11. The van der Waals surface area contributed by atoms with Crippen LogP contribution in [0.5, 0.6) is 0 Å². The summed E-state index contributed by atoms with van der Waals surface area (Å²) in [4.78, 5) is 22.4. The molecule has 1 N–H and O–H groups in total. The Bertz CT molecular complexity index is 581. The van der Waals surface area contributed by atoms with Gasteiger partial charge in [-0.15, -0.1) is 0 Å². The van der Waals surface area contributed by atoms with Gasteiger partial charge in [0.05, 0.1) is 0 Å². The van der Waals surface area contributed by atoms with Gasteiger partial charge in [0.15, 0.2) is 5.16 Å². The lowest BCUT2D eigenvalue weighted by Crippen LogP contribution is -2.30. The third-order valence-corrected chi connectivity index (χ3v) is 2.80. The molecule has 0 aliphatic heterocycles. The molecule has 0 unspecified atom stereocenters. The lowest BCUT2D eigenvalue weighted by molar-refractivity contribution is 0.987. The number of aromatic nitrogens is 3. The fourth-order valence-corrected chi connectivity index (χ4v) is 1.66. The van der Waals surface area contributed by atoms with Gasteiger partial charge >= 0.3 is 0 Å². The van der Waals surface area contributed by atoms with Crippen molar-refractivity contribution in [1.82, 2.24) is 15.0 Å². The van der Waals surface area contributed by atoms with Crippen LogP contribution < -0.4 is 11.0 Å². The van der Waals surface area contributed by atoms with Crippen molar-refractivity contribution in [3.05, 3.63) is 22.1 Å². The highest BCUT2D eigenvalue weighted by molar-refractivity contribution is 7.98. The first-order valence-corrected chi connectivity index (χ1v) is 5.55. The fraction of sp³-hybridized carbons (Fsp3) is 0.222. The lowest BCUT2D eigenvalue weighted by Gasteiger charge is -2.04. The number of fused-ring (bicyclic) bond motifs is 1. The molecule has 0 saturated heterocycles. The first kappa shape index (κ1) is 10.2. The zero-order valence-corrected chi connectivity index (χ0v) is 9.18. The van der Waals surface area contributed by atoms with Crippen molar-refractivity contribution in [1.29, 1.82) is 0 Å². The molecule has 2 aromatic heterocycles. The van der Waals surface area contributed by atoms with Crippen molar-refractivity contribution in [3.63, 3.8) is 0 Å². The molecule has 4 nitrogen and oxygen atoms in total. The van der Waals surface area contributed by atoms with Gasteiger partial charge in [-0.3, -0.25) is 4.79 Å². The number of aromatic amines is 1. The molecule has 0 atom stereocenters. The Kier molecular flexibility index (Phi) is 2.52. The van der Waals surface area contributed by atoms with Crippen LogP contribution in [0.25, 0.3) is 11.0 Å². The zero-order valence-electron chi connectivity index (χ0n) is 8.37. The maximum absolute atomic E-state index is 11.4. The summed E-state index contributed by atoms with van der Waals surface area (Å²) in [6.07, 6.45) is 3.55. The number of H-pyrrole nitrogens is 1. The van der Waals surface area contributed by atoms with Crippen molar-refractivity contribution in [2.75, 3.05) is 6.26 Å². The lowest BCUT2D eigenvalue weighted by atomic mass is 9.92. The van der Waals surface area contributed by atoms with E-state index in [4.69, 9.17) is 7.85 Å². The summed E-state index contributed by atoms with van der Waals surface area (Å²) in [7, 11) is 5.61. The van der Waals surface area contributed by atoms with Crippen molar-refractivity contribution in [3.8, 4) is 0 Å². The van der Waals surface area contributed by atoms with E-state index in [1.54, 1.807) is 13.1 Å². The summed E-state index contributed by atoms with van der Waals surface area (Å²) in [6.45, 7) is 1.79. The highest BCUT2D eigenvalue weighted by atomic mass is 32.2. The molecular formula is C9H8BN3OS. The molecule has 2 radical (unpaired) electrons. The van der Waals surface area contributed by atoms with E-state index in [2.05, 4.69) is 15.0 Å². The second kappa shape index (κ2) is 3.69. The molecule has 74 valence electrons. The van der Waals surface area contributed by atoms with Gasteiger partial charge in [0.1, 0.15) is 13.5 Å². The van der Waals surface area contributed by atoms with Crippen LogP contribution in [0, 0.1) is 6.92 Å². The van der Waals surface area contributed by atoms with Crippen molar-refractivity contribution in [2.24, 2.45) is 0 Å². The van der Waals surface area contributed by atoms with Crippen LogP contribution in [0.4, 0.5) is 0 Å². The number of thioether (sulfide) groups is 1. The fourth-order valence-electron chi connectivity index (χ4n) is 1.32. The largest absolute Gasteiger partial charge is 0.307 e. The minimum atomic E-state index is -0.300. The number of hydrogen-bond acceptors (Lipinski definition) is 4. The molecule has 6 heteroatoms. The molecule has 0 aliphatic rings. The SMILES string of the molecule is [B]c1c(C)c2cnc(SC)nc2[nH]c1=O. The van der Waals surface area contributed by atoms with Gasteiger partial charge in [-0.2, -0.15) is 0 Å². The standard InChI is InChI=1S/C9H8BN3OS/c1-4-5-3-11-9(15-2)13-7(5)12-8(14)6(4)10/h3H,1-2H3,(H,11,12,13,14). The van der Waals surface area contributed by atoms with Crippen LogP contribution in [-0.2, 0) is 0 Å². The molecule has 0 saturated carbocycles. The van der Waals surface area contributed by atoms with Gasteiger partial charge in [0.2, 0.25) is 5.56 Å². The van der Waals surface area contributed by atoms with Crippen molar-refractivity contribution in [2.45, 2.75) is 12.1 Å². The number of aryl methyl sites for hydroxylation is 1. The maximum atomic E-state index is 11.4. The highest BCUT2D eigenvalue weighted by Crippen LogP contribution is 2.13. The monoisotopic (exact) mass is 217 g/mol. The first-order chi connectivity index (χ1) is 7.13. The minimum absolute atomic E-state index is 0.225. The summed E-state index contributed by atoms with van der Waals surface area (Å²) >= 11 is 1.42. The molecule has 0 spiro atoms. The molecule has 2 aromatic rings. The van der Waals surface area contributed by atoms with Crippen LogP contribution in [0.1, 0.15) is 5.56 Å². The van der Waals surface area contributed by atoms with E-state index in [9.17, 15) is 4.79 Å². The predicted molar refractivity (Wildman–Crippen MR) is 62.1 cm³/mol. The molecule has 0 aliphatic carbocycles. The van der Waals surface area contributed by atoms with E-state index in [1.807, 2.05) is 6.26 Å². The maximum Gasteiger partial charge on any atom is 0.242 e. The summed E-state index contributed by atoms with van der Waals surface area (Å²) in [5.74, 6) is 0. The quantitative estimate of drug-likeness (QED) is 0.419. The van der Waals surface area contributed by atoms with Gasteiger partial charge in [-0.1, -0.05) is 11.8 Å². The topological polar surface area (TPSA) is 58.6 Å². The van der Waals surface area contributed by atoms with E-state index in [0.29, 0.717) is 10.8 Å². The molecule has 0 amide bonds. The number of hydrogen-bond donors (Lipinski definition) is 1. The van der Waals surface area contributed by atoms with E-state index in [1.165, 1.54) is 11.8 Å². The third kappa shape index (κ3) is 1.65. The van der Waals surface area contributed by atoms with E-state index in [-0.39, 0.29) is 11.0 Å². The van der Waals surface area contributed by atoms with Crippen molar-refractivity contribution >= 4 is 36.1 Å². The normalized spacial score (nSPS) is 10.8. The summed E-state index contributed by atoms with van der Waals surface area (Å²) < 4.78 is 0. The molecule has 2 rings (SSSR count). The van der Waals surface area contributed by atoms with Gasteiger partial charge < -0.3 is 4.98 Å². The Labute approximate surface area is 91.9 Å². The molecule has 15 heavy (non-hydrogen) atoms. The molecule has 0 aromatic carbocycles. The Morgan fingerprint density at radius 3 is 2.93 bits per heavy atom. The number of nitrogens with zero attached hydrogens (tertiary/aromatic N) is 2. The summed E-state index contributed by atoms with van der Waals surface area (Å²) in [5, 5.41) is 1.41. The van der Waals surface area contributed by atoms with Crippen LogP contribution in [-0.4, -0.2) is 29.1 Å². The Balaban J connectivity index is 2.86. The average molecular weight is 217 g/mol. The second-order valence-corrected chi connectivity index (χ2v) is 3.89. The highest BCUT2D eigenvalue weighted by Gasteiger charge is 2.06. The van der Waals surface area contributed by atoms with Gasteiger partial charge in [0.25, 0.3) is 0 Å². The first-order valence-electron chi connectivity index (χ1n) is 4.32. The van der Waals surface area contributed by atoms with E-state index in [0.717, 1.165) is 10.9 Å². The molecular weight excluding hydrogens is 209 g/mol. The molecule has 2 heterocycles. The van der Waals surface area contributed by atoms with Gasteiger partial charge in [-0.25, -0.2) is 9.97 Å². The van der Waals surface area contributed by atoms with Crippen LogP contribution in [0.15, 0.2) is 16.1 Å². The Morgan fingerprint density at radius 2 is 2.27 bits per heavy atom. The number of rotatable bonds is 1. The minimum Gasteiger partial charge on any atom is -0.307 e. The van der Waals surface area contributed by atoms with Crippen LogP contribution in [0.2, 0.25) is 0 Å². The van der Waals surface area contributed by atoms with Crippen molar-refractivity contribution < 1.29 is 0 Å². The summed E-state index contributed by atoms with van der Waals surface area (Å²) in [6, 6.07) is 0. The number of pyridine rings is 1. The Morgan fingerprint density at radius 1 is 1.53 bits per heavy atom.